The van der Waals surface area contributed by atoms with E-state index in [0.717, 1.165) is 42.7 Å². The van der Waals surface area contributed by atoms with Crippen molar-refractivity contribution in [1.82, 2.24) is 14.9 Å². The average Bonchev–Trinajstić information content (AvgIpc) is 3.13. The summed E-state index contributed by atoms with van der Waals surface area (Å²) in [4.78, 5) is 15.7. The van der Waals surface area contributed by atoms with Gasteiger partial charge in [0.05, 0.1) is 5.39 Å². The lowest BCUT2D eigenvalue weighted by molar-refractivity contribution is 0.178. The van der Waals surface area contributed by atoms with Crippen LogP contribution in [-0.4, -0.2) is 54.7 Å². The van der Waals surface area contributed by atoms with Crippen LogP contribution in [0.4, 0.5) is 5.82 Å². The third kappa shape index (κ3) is 3.83. The Morgan fingerprint density at radius 3 is 2.56 bits per heavy atom. The molecule has 0 saturated carbocycles. The number of rotatable bonds is 6. The van der Waals surface area contributed by atoms with E-state index < -0.39 is 0 Å². The summed E-state index contributed by atoms with van der Waals surface area (Å²) in [5.41, 5.74) is 2.45. The fourth-order valence-electron chi connectivity index (χ4n) is 3.72. The van der Waals surface area contributed by atoms with Crippen LogP contribution in [0.25, 0.3) is 21.3 Å². The van der Waals surface area contributed by atoms with E-state index in [1.807, 2.05) is 0 Å². The van der Waals surface area contributed by atoms with E-state index in [4.69, 9.17) is 14.7 Å². The Balaban J connectivity index is 1.76. The molecule has 0 amide bonds. The molecule has 0 spiro atoms. The van der Waals surface area contributed by atoms with Crippen LogP contribution in [0.2, 0.25) is 0 Å². The number of thiophene rings is 1. The number of benzene rings is 1. The number of nitrogens with zero attached hydrogens (tertiary/aromatic N) is 4. The standard InChI is InChI=1S/C21H26N4OS/c1-3-9-24-10-12-25(13-11-24)20-19-17(16-7-5-4-6-8-16)15-27-21(19)23-18(22-20)14-26-2/h4-8,15H,3,9-14H2,1-2H3. The molecule has 1 aliphatic heterocycles. The van der Waals surface area contributed by atoms with E-state index >= 15 is 0 Å². The number of ether oxygens (including phenoxy) is 1. The molecular formula is C21H26N4OS. The van der Waals surface area contributed by atoms with Crippen molar-refractivity contribution >= 4 is 27.4 Å². The van der Waals surface area contributed by atoms with Crippen LogP contribution in [0.15, 0.2) is 35.7 Å². The number of hydrogen-bond donors (Lipinski definition) is 0. The molecule has 1 saturated heterocycles. The van der Waals surface area contributed by atoms with Crippen molar-refractivity contribution in [3.8, 4) is 11.1 Å². The third-order valence-electron chi connectivity index (χ3n) is 5.03. The second-order valence-electron chi connectivity index (χ2n) is 6.92. The van der Waals surface area contributed by atoms with Gasteiger partial charge < -0.3 is 9.64 Å². The molecule has 0 unspecified atom stereocenters. The summed E-state index contributed by atoms with van der Waals surface area (Å²) >= 11 is 1.69. The summed E-state index contributed by atoms with van der Waals surface area (Å²) in [5, 5.41) is 3.39. The Labute approximate surface area is 164 Å². The van der Waals surface area contributed by atoms with Gasteiger partial charge in [-0.25, -0.2) is 9.97 Å². The summed E-state index contributed by atoms with van der Waals surface area (Å²) in [7, 11) is 1.70. The van der Waals surface area contributed by atoms with Crippen LogP contribution in [0.3, 0.4) is 0 Å². The van der Waals surface area contributed by atoms with Gasteiger partial charge in [-0.2, -0.15) is 0 Å². The number of piperazine rings is 1. The van der Waals surface area contributed by atoms with E-state index in [0.29, 0.717) is 6.61 Å². The Hall–Kier alpha value is -2.02. The monoisotopic (exact) mass is 382 g/mol. The molecule has 6 heteroatoms. The molecule has 0 N–H and O–H groups in total. The molecule has 0 atom stereocenters. The van der Waals surface area contributed by atoms with Gasteiger partial charge >= 0.3 is 0 Å². The second kappa shape index (κ2) is 8.33. The third-order valence-corrected chi connectivity index (χ3v) is 5.90. The number of anilines is 1. The van der Waals surface area contributed by atoms with Gasteiger partial charge in [-0.3, -0.25) is 4.90 Å². The first kappa shape index (κ1) is 18.3. The second-order valence-corrected chi connectivity index (χ2v) is 7.78. The first-order chi connectivity index (χ1) is 13.3. The van der Waals surface area contributed by atoms with Crippen molar-refractivity contribution in [2.24, 2.45) is 0 Å². The molecule has 142 valence electrons. The van der Waals surface area contributed by atoms with Crippen LogP contribution in [-0.2, 0) is 11.3 Å². The van der Waals surface area contributed by atoms with Gasteiger partial charge in [-0.15, -0.1) is 11.3 Å². The number of fused-ring (bicyclic) bond motifs is 1. The van der Waals surface area contributed by atoms with E-state index in [1.165, 1.54) is 29.5 Å². The molecule has 1 fully saturated rings. The number of methoxy groups -OCH3 is 1. The smallest absolute Gasteiger partial charge is 0.158 e. The number of aromatic nitrogens is 2. The van der Waals surface area contributed by atoms with Crippen molar-refractivity contribution in [3.05, 3.63) is 41.5 Å². The van der Waals surface area contributed by atoms with Gasteiger partial charge in [-0.05, 0) is 18.5 Å². The molecule has 0 aliphatic carbocycles. The van der Waals surface area contributed by atoms with Crippen LogP contribution in [0.1, 0.15) is 19.2 Å². The fraction of sp³-hybridized carbons (Fsp3) is 0.429. The van der Waals surface area contributed by atoms with Gasteiger partial charge in [0.25, 0.3) is 0 Å². The predicted octanol–water partition coefficient (Wildman–Crippen LogP) is 4.04. The Bertz CT molecular complexity index is 888. The number of hydrogen-bond acceptors (Lipinski definition) is 6. The van der Waals surface area contributed by atoms with Gasteiger partial charge in [0, 0.05) is 44.2 Å². The summed E-state index contributed by atoms with van der Waals surface area (Å²) in [6, 6.07) is 10.5. The van der Waals surface area contributed by atoms with Gasteiger partial charge in [0.1, 0.15) is 17.3 Å². The molecule has 27 heavy (non-hydrogen) atoms. The lowest BCUT2D eigenvalue weighted by Gasteiger charge is -2.35. The highest BCUT2D eigenvalue weighted by atomic mass is 32.1. The van der Waals surface area contributed by atoms with Gasteiger partial charge in [0.2, 0.25) is 0 Å². The molecule has 1 aliphatic rings. The minimum absolute atomic E-state index is 0.442. The molecular weight excluding hydrogens is 356 g/mol. The zero-order chi connectivity index (χ0) is 18.6. The summed E-state index contributed by atoms with van der Waals surface area (Å²) in [6.45, 7) is 8.04. The van der Waals surface area contributed by atoms with E-state index in [2.05, 4.69) is 52.4 Å². The van der Waals surface area contributed by atoms with E-state index in [9.17, 15) is 0 Å². The highest BCUT2D eigenvalue weighted by molar-refractivity contribution is 7.17. The minimum Gasteiger partial charge on any atom is -0.377 e. The molecule has 4 rings (SSSR count). The first-order valence-corrected chi connectivity index (χ1v) is 10.5. The highest BCUT2D eigenvalue weighted by Crippen LogP contribution is 2.38. The maximum absolute atomic E-state index is 5.31. The SMILES string of the molecule is CCCN1CCN(c2nc(COC)nc3scc(-c4ccccc4)c23)CC1. The highest BCUT2D eigenvalue weighted by Gasteiger charge is 2.23. The summed E-state index contributed by atoms with van der Waals surface area (Å²) in [5.74, 6) is 1.82. The van der Waals surface area contributed by atoms with Gasteiger partial charge in [0.15, 0.2) is 5.82 Å². The van der Waals surface area contributed by atoms with Gasteiger partial charge in [-0.1, -0.05) is 37.3 Å². The van der Waals surface area contributed by atoms with Crippen LogP contribution in [0.5, 0.6) is 0 Å². The minimum atomic E-state index is 0.442. The quantitative estimate of drug-likeness (QED) is 0.644. The largest absolute Gasteiger partial charge is 0.377 e. The molecule has 3 aromatic rings. The van der Waals surface area contributed by atoms with Crippen molar-refractivity contribution in [2.45, 2.75) is 20.0 Å². The maximum Gasteiger partial charge on any atom is 0.158 e. The molecule has 0 bridgehead atoms. The van der Waals surface area contributed by atoms with Crippen molar-refractivity contribution < 1.29 is 4.74 Å². The van der Waals surface area contributed by atoms with Crippen molar-refractivity contribution in [2.75, 3.05) is 44.7 Å². The maximum atomic E-state index is 5.31. The van der Waals surface area contributed by atoms with E-state index in [1.54, 1.807) is 18.4 Å². The Morgan fingerprint density at radius 2 is 1.85 bits per heavy atom. The van der Waals surface area contributed by atoms with Crippen LogP contribution in [0, 0.1) is 0 Å². The predicted molar refractivity (Wildman–Crippen MR) is 113 cm³/mol. The lowest BCUT2D eigenvalue weighted by atomic mass is 10.1. The average molecular weight is 383 g/mol. The fourth-order valence-corrected chi connectivity index (χ4v) is 4.68. The molecule has 2 aromatic heterocycles. The van der Waals surface area contributed by atoms with E-state index in [-0.39, 0.29) is 0 Å². The molecule has 1 aromatic carbocycles. The Kier molecular flexibility index (Phi) is 5.66. The van der Waals surface area contributed by atoms with Crippen LogP contribution < -0.4 is 4.90 Å². The van der Waals surface area contributed by atoms with Crippen LogP contribution >= 0.6 is 11.3 Å². The van der Waals surface area contributed by atoms with Crippen molar-refractivity contribution in [3.63, 3.8) is 0 Å². The lowest BCUT2D eigenvalue weighted by Crippen LogP contribution is -2.47. The zero-order valence-corrected chi connectivity index (χ0v) is 16.8. The molecule has 0 radical (unpaired) electrons. The van der Waals surface area contributed by atoms with Crippen molar-refractivity contribution in [1.29, 1.82) is 0 Å². The normalized spacial score (nSPS) is 15.6. The summed E-state index contributed by atoms with van der Waals surface area (Å²) in [6.07, 6.45) is 1.21. The molecule has 3 heterocycles. The summed E-state index contributed by atoms with van der Waals surface area (Å²) < 4.78 is 5.31. The Morgan fingerprint density at radius 1 is 1.07 bits per heavy atom. The molecule has 5 nitrogen and oxygen atoms in total. The topological polar surface area (TPSA) is 41.5 Å². The zero-order valence-electron chi connectivity index (χ0n) is 16.0. The first-order valence-electron chi connectivity index (χ1n) is 9.60.